The monoisotopic (exact) mass is 408 g/mol. The lowest BCUT2D eigenvalue weighted by Gasteiger charge is -2.09. The van der Waals surface area contributed by atoms with Gasteiger partial charge in [-0.05, 0) is 41.6 Å². The molecule has 1 aliphatic heterocycles. The SMILES string of the molecule is COC(=O)CN1C(=O)SC(=Cc2ccc(OCc3ccccc3C#N)cc2)C1=O. The van der Waals surface area contributed by atoms with Gasteiger partial charge in [-0.25, -0.2) is 0 Å². The molecule has 0 aromatic heterocycles. The van der Waals surface area contributed by atoms with Crippen LogP contribution >= 0.6 is 11.8 Å². The summed E-state index contributed by atoms with van der Waals surface area (Å²) in [6.45, 7) is -0.148. The summed E-state index contributed by atoms with van der Waals surface area (Å²) >= 11 is 0.774. The molecule has 1 aliphatic rings. The third kappa shape index (κ3) is 4.83. The molecule has 0 N–H and O–H groups in total. The first kappa shape index (κ1) is 20.2. The van der Waals surface area contributed by atoms with Gasteiger partial charge in [0, 0.05) is 5.56 Å². The Morgan fingerprint density at radius 1 is 1.17 bits per heavy atom. The molecule has 2 aromatic rings. The van der Waals surface area contributed by atoms with Crippen molar-refractivity contribution in [1.82, 2.24) is 4.90 Å². The third-order valence-corrected chi connectivity index (χ3v) is 5.01. The van der Waals surface area contributed by atoms with Crippen LogP contribution in [0.15, 0.2) is 53.4 Å². The Bertz CT molecular complexity index is 1020. The Morgan fingerprint density at radius 2 is 1.90 bits per heavy atom. The molecule has 2 amide bonds. The van der Waals surface area contributed by atoms with E-state index in [4.69, 9.17) is 10.00 Å². The summed E-state index contributed by atoms with van der Waals surface area (Å²) < 4.78 is 10.2. The van der Waals surface area contributed by atoms with Gasteiger partial charge in [-0.2, -0.15) is 5.26 Å². The minimum atomic E-state index is -0.659. The molecule has 0 radical (unpaired) electrons. The first-order chi connectivity index (χ1) is 14.0. The molecule has 0 aliphatic carbocycles. The van der Waals surface area contributed by atoms with Gasteiger partial charge in [-0.3, -0.25) is 19.3 Å². The maximum Gasteiger partial charge on any atom is 0.325 e. The van der Waals surface area contributed by atoms with Crippen molar-refractivity contribution in [2.45, 2.75) is 6.61 Å². The Balaban J connectivity index is 1.66. The summed E-state index contributed by atoms with van der Waals surface area (Å²) in [5.41, 5.74) is 2.06. The van der Waals surface area contributed by atoms with Crippen molar-refractivity contribution in [2.75, 3.05) is 13.7 Å². The fourth-order valence-electron chi connectivity index (χ4n) is 2.56. The Kier molecular flexibility index (Phi) is 6.32. The number of carbonyl (C=O) groups is 3. The normalized spacial score (nSPS) is 14.8. The zero-order valence-electron chi connectivity index (χ0n) is 15.5. The number of hydrogen-bond donors (Lipinski definition) is 0. The fourth-order valence-corrected chi connectivity index (χ4v) is 3.40. The standard InChI is InChI=1S/C21H16N2O5S/c1-27-19(24)12-23-20(25)18(29-21(23)26)10-14-6-8-17(9-7-14)28-13-16-5-3-2-4-15(16)11-22/h2-10H,12-13H2,1H3. The van der Waals surface area contributed by atoms with Crippen molar-refractivity contribution in [3.05, 3.63) is 70.1 Å². The first-order valence-corrected chi connectivity index (χ1v) is 9.36. The fraction of sp³-hybridized carbons (Fsp3) is 0.143. The van der Waals surface area contributed by atoms with Crippen molar-refractivity contribution in [3.63, 3.8) is 0 Å². The van der Waals surface area contributed by atoms with E-state index in [0.29, 0.717) is 16.9 Å². The molecule has 1 saturated heterocycles. The van der Waals surface area contributed by atoms with E-state index in [9.17, 15) is 14.4 Å². The number of nitrogens with zero attached hydrogens (tertiary/aromatic N) is 2. The van der Waals surface area contributed by atoms with Crippen molar-refractivity contribution in [2.24, 2.45) is 0 Å². The summed E-state index contributed by atoms with van der Waals surface area (Å²) in [5.74, 6) is -0.583. The van der Waals surface area contributed by atoms with Crippen molar-refractivity contribution >= 4 is 35.0 Å². The minimum absolute atomic E-state index is 0.232. The number of esters is 1. The molecule has 2 aromatic carbocycles. The second kappa shape index (κ2) is 9.08. The van der Waals surface area contributed by atoms with E-state index in [0.717, 1.165) is 22.2 Å². The molecule has 3 rings (SSSR count). The molecular weight excluding hydrogens is 392 g/mol. The number of nitriles is 1. The maximum atomic E-state index is 12.3. The lowest BCUT2D eigenvalue weighted by Crippen LogP contribution is -2.34. The summed E-state index contributed by atoms with van der Waals surface area (Å²) in [5, 5.41) is 8.60. The Morgan fingerprint density at radius 3 is 2.59 bits per heavy atom. The third-order valence-electron chi connectivity index (χ3n) is 4.10. The van der Waals surface area contributed by atoms with E-state index in [1.807, 2.05) is 12.1 Å². The highest BCUT2D eigenvalue weighted by Gasteiger charge is 2.36. The molecule has 0 spiro atoms. The highest BCUT2D eigenvalue weighted by Crippen LogP contribution is 2.32. The highest BCUT2D eigenvalue weighted by molar-refractivity contribution is 8.18. The predicted octanol–water partition coefficient (Wildman–Crippen LogP) is 3.35. The van der Waals surface area contributed by atoms with Crippen LogP contribution in [0.5, 0.6) is 5.75 Å². The molecule has 0 bridgehead atoms. The van der Waals surface area contributed by atoms with Gasteiger partial charge in [0.05, 0.1) is 23.6 Å². The van der Waals surface area contributed by atoms with E-state index >= 15 is 0 Å². The summed E-state index contributed by atoms with van der Waals surface area (Å²) in [7, 11) is 1.19. The maximum absolute atomic E-state index is 12.3. The minimum Gasteiger partial charge on any atom is -0.489 e. The van der Waals surface area contributed by atoms with Crippen LogP contribution in [0.2, 0.25) is 0 Å². The lowest BCUT2D eigenvalue weighted by atomic mass is 10.1. The average molecular weight is 408 g/mol. The number of hydrogen-bond acceptors (Lipinski definition) is 7. The molecule has 1 heterocycles. The van der Waals surface area contributed by atoms with Crippen molar-refractivity contribution in [1.29, 1.82) is 5.26 Å². The molecule has 0 saturated carbocycles. The van der Waals surface area contributed by atoms with Crippen LogP contribution in [-0.4, -0.2) is 35.7 Å². The quantitative estimate of drug-likeness (QED) is 0.534. The Labute approximate surface area is 171 Å². The van der Waals surface area contributed by atoms with Crippen molar-refractivity contribution < 1.29 is 23.9 Å². The second-order valence-corrected chi connectivity index (χ2v) is 6.96. The second-order valence-electron chi connectivity index (χ2n) is 5.97. The topological polar surface area (TPSA) is 96.7 Å². The largest absolute Gasteiger partial charge is 0.489 e. The molecular formula is C21H16N2O5S. The van der Waals surface area contributed by atoms with Crippen LogP contribution in [0.3, 0.4) is 0 Å². The number of ether oxygens (including phenoxy) is 2. The van der Waals surface area contributed by atoms with Crippen LogP contribution in [0.4, 0.5) is 4.79 Å². The van der Waals surface area contributed by atoms with E-state index in [1.54, 1.807) is 42.5 Å². The molecule has 8 heteroatoms. The van der Waals surface area contributed by atoms with Gasteiger partial charge in [0.15, 0.2) is 0 Å². The lowest BCUT2D eigenvalue weighted by molar-refractivity contribution is -0.143. The molecule has 29 heavy (non-hydrogen) atoms. The van der Waals surface area contributed by atoms with Crippen LogP contribution in [0, 0.1) is 11.3 Å². The number of imide groups is 1. The van der Waals surface area contributed by atoms with Crippen molar-refractivity contribution in [3.8, 4) is 11.8 Å². The van der Waals surface area contributed by atoms with E-state index in [1.165, 1.54) is 7.11 Å². The van der Waals surface area contributed by atoms with Gasteiger partial charge in [-0.1, -0.05) is 30.3 Å². The molecule has 1 fully saturated rings. The number of methoxy groups -OCH3 is 1. The van der Waals surface area contributed by atoms with Crippen LogP contribution in [0.25, 0.3) is 6.08 Å². The average Bonchev–Trinajstić information content (AvgIpc) is 3.00. The number of benzene rings is 2. The zero-order chi connectivity index (χ0) is 20.8. The van der Waals surface area contributed by atoms with Gasteiger partial charge >= 0.3 is 5.97 Å². The van der Waals surface area contributed by atoms with E-state index in [-0.39, 0.29) is 11.5 Å². The smallest absolute Gasteiger partial charge is 0.325 e. The van der Waals surface area contributed by atoms with E-state index in [2.05, 4.69) is 10.8 Å². The van der Waals surface area contributed by atoms with E-state index < -0.39 is 23.7 Å². The highest BCUT2D eigenvalue weighted by atomic mass is 32.2. The predicted molar refractivity (Wildman–Crippen MR) is 107 cm³/mol. The first-order valence-electron chi connectivity index (χ1n) is 8.55. The summed E-state index contributed by atoms with van der Waals surface area (Å²) in [4.78, 5) is 36.7. The molecule has 146 valence electrons. The summed E-state index contributed by atoms with van der Waals surface area (Å²) in [6, 6.07) is 16.3. The summed E-state index contributed by atoms with van der Waals surface area (Å²) in [6.07, 6.45) is 1.58. The van der Waals surface area contributed by atoms with Crippen LogP contribution < -0.4 is 4.74 Å². The Hall–Kier alpha value is -3.57. The van der Waals surface area contributed by atoms with Gasteiger partial charge in [0.2, 0.25) is 0 Å². The number of carbonyl (C=O) groups excluding carboxylic acids is 3. The van der Waals surface area contributed by atoms with Gasteiger partial charge in [-0.15, -0.1) is 0 Å². The van der Waals surface area contributed by atoms with Crippen LogP contribution in [-0.2, 0) is 20.9 Å². The molecule has 0 unspecified atom stereocenters. The zero-order valence-corrected chi connectivity index (χ0v) is 16.3. The van der Waals surface area contributed by atoms with Gasteiger partial charge < -0.3 is 9.47 Å². The molecule has 7 nitrogen and oxygen atoms in total. The number of rotatable bonds is 6. The van der Waals surface area contributed by atoms with Gasteiger partial charge in [0.25, 0.3) is 11.1 Å². The molecule has 0 atom stereocenters. The number of amides is 2. The number of thioether (sulfide) groups is 1. The van der Waals surface area contributed by atoms with Gasteiger partial charge in [0.1, 0.15) is 18.9 Å². The van der Waals surface area contributed by atoms with Crippen LogP contribution in [0.1, 0.15) is 16.7 Å².